The molecule has 2 amide bonds. The van der Waals surface area contributed by atoms with Crippen LogP contribution in [-0.2, 0) is 9.59 Å². The number of carbonyl (C=O) groups excluding carboxylic acids is 2. The van der Waals surface area contributed by atoms with Crippen LogP contribution in [0.15, 0.2) is 0 Å². The maximum absolute atomic E-state index is 12.1. The normalized spacial score (nSPS) is 22.7. The van der Waals surface area contributed by atoms with Gasteiger partial charge in [0.15, 0.2) is 0 Å². The molecule has 106 valence electrons. The van der Waals surface area contributed by atoms with Crippen LogP contribution in [0.4, 0.5) is 0 Å². The summed E-state index contributed by atoms with van der Waals surface area (Å²) in [4.78, 5) is 25.0. The highest BCUT2D eigenvalue weighted by atomic mass is 35.5. The van der Waals surface area contributed by atoms with Crippen molar-refractivity contribution in [2.75, 3.05) is 20.1 Å². The van der Waals surface area contributed by atoms with Crippen molar-refractivity contribution in [2.24, 2.45) is 17.6 Å². The van der Waals surface area contributed by atoms with E-state index in [1.165, 1.54) is 0 Å². The predicted octanol–water partition coefficient (Wildman–Crippen LogP) is 0.376. The van der Waals surface area contributed by atoms with Gasteiger partial charge in [0.2, 0.25) is 11.8 Å². The molecule has 1 aliphatic heterocycles. The second kappa shape index (κ2) is 6.38. The summed E-state index contributed by atoms with van der Waals surface area (Å²) in [6, 6.07) is 0. The molecular formula is C12H24ClN3O2. The largest absolute Gasteiger partial charge is 0.349 e. The summed E-state index contributed by atoms with van der Waals surface area (Å²) in [5.41, 5.74) is 5.32. The SMILES string of the molecule is CC(C)C(C)(CN)NC(=O)C1CC(=O)N(C)C1.Cl. The fraction of sp³-hybridized carbons (Fsp3) is 0.833. The molecule has 1 saturated heterocycles. The third-order valence-electron chi connectivity index (χ3n) is 3.82. The van der Waals surface area contributed by atoms with E-state index in [1.807, 2.05) is 20.8 Å². The molecule has 0 saturated carbocycles. The first-order valence-corrected chi connectivity index (χ1v) is 6.06. The van der Waals surface area contributed by atoms with Gasteiger partial charge in [-0.3, -0.25) is 9.59 Å². The van der Waals surface area contributed by atoms with Crippen molar-refractivity contribution < 1.29 is 9.59 Å². The van der Waals surface area contributed by atoms with Crippen LogP contribution in [0.3, 0.4) is 0 Å². The van der Waals surface area contributed by atoms with Gasteiger partial charge in [0.25, 0.3) is 0 Å². The van der Waals surface area contributed by atoms with Crippen molar-refractivity contribution in [3.63, 3.8) is 0 Å². The van der Waals surface area contributed by atoms with Crippen LogP contribution in [0.5, 0.6) is 0 Å². The van der Waals surface area contributed by atoms with E-state index in [1.54, 1.807) is 11.9 Å². The lowest BCUT2D eigenvalue weighted by molar-refractivity contribution is -0.129. The second-order valence-electron chi connectivity index (χ2n) is 5.44. The zero-order valence-electron chi connectivity index (χ0n) is 11.5. The van der Waals surface area contributed by atoms with Gasteiger partial charge in [-0.2, -0.15) is 0 Å². The Hall–Kier alpha value is -0.810. The predicted molar refractivity (Wildman–Crippen MR) is 73.4 cm³/mol. The summed E-state index contributed by atoms with van der Waals surface area (Å²) in [5, 5.41) is 2.98. The van der Waals surface area contributed by atoms with E-state index in [2.05, 4.69) is 5.32 Å². The Morgan fingerprint density at radius 1 is 1.61 bits per heavy atom. The summed E-state index contributed by atoms with van der Waals surface area (Å²) < 4.78 is 0. The highest BCUT2D eigenvalue weighted by Gasteiger charge is 2.36. The van der Waals surface area contributed by atoms with Crippen molar-refractivity contribution in [2.45, 2.75) is 32.7 Å². The van der Waals surface area contributed by atoms with E-state index >= 15 is 0 Å². The standard InChI is InChI=1S/C12H23N3O2.ClH/c1-8(2)12(3,7-13)14-11(17)9-5-10(16)15(4)6-9;/h8-9H,5-7,13H2,1-4H3,(H,14,17);1H. The Morgan fingerprint density at radius 3 is 2.50 bits per heavy atom. The van der Waals surface area contributed by atoms with Gasteiger partial charge in [0.1, 0.15) is 0 Å². The molecule has 0 aliphatic carbocycles. The molecule has 0 spiro atoms. The Labute approximate surface area is 115 Å². The molecule has 1 rings (SSSR count). The van der Waals surface area contributed by atoms with E-state index in [9.17, 15) is 9.59 Å². The summed E-state index contributed by atoms with van der Waals surface area (Å²) in [6.07, 6.45) is 0.307. The molecule has 5 nitrogen and oxygen atoms in total. The molecular weight excluding hydrogens is 254 g/mol. The lowest BCUT2D eigenvalue weighted by Gasteiger charge is -2.34. The molecule has 2 unspecified atom stereocenters. The lowest BCUT2D eigenvalue weighted by Crippen LogP contribution is -2.56. The minimum absolute atomic E-state index is 0. The number of likely N-dealkylation sites (tertiary alicyclic amines) is 1. The summed E-state index contributed by atoms with van der Waals surface area (Å²) in [6.45, 7) is 6.89. The van der Waals surface area contributed by atoms with Gasteiger partial charge in [-0.25, -0.2) is 0 Å². The van der Waals surface area contributed by atoms with Gasteiger partial charge in [0.05, 0.1) is 11.5 Å². The van der Waals surface area contributed by atoms with Crippen LogP contribution in [0.25, 0.3) is 0 Å². The first kappa shape index (κ1) is 17.2. The smallest absolute Gasteiger partial charge is 0.225 e. The monoisotopic (exact) mass is 277 g/mol. The van der Waals surface area contributed by atoms with E-state index in [0.717, 1.165) is 0 Å². The third kappa shape index (κ3) is 3.59. The molecule has 1 aliphatic rings. The second-order valence-corrected chi connectivity index (χ2v) is 5.44. The minimum Gasteiger partial charge on any atom is -0.349 e. The minimum atomic E-state index is -0.401. The molecule has 6 heteroatoms. The zero-order valence-corrected chi connectivity index (χ0v) is 12.3. The average molecular weight is 278 g/mol. The van der Waals surface area contributed by atoms with Crippen molar-refractivity contribution in [1.82, 2.24) is 10.2 Å². The average Bonchev–Trinajstić information content (AvgIpc) is 2.59. The molecule has 1 heterocycles. The van der Waals surface area contributed by atoms with Gasteiger partial charge in [0, 0.05) is 26.6 Å². The topological polar surface area (TPSA) is 75.4 Å². The Balaban J connectivity index is 0.00000289. The first-order chi connectivity index (χ1) is 7.80. The zero-order chi connectivity index (χ0) is 13.2. The molecule has 1 fully saturated rings. The first-order valence-electron chi connectivity index (χ1n) is 6.06. The number of rotatable bonds is 4. The van der Waals surface area contributed by atoms with Gasteiger partial charge >= 0.3 is 0 Å². The van der Waals surface area contributed by atoms with Gasteiger partial charge < -0.3 is 16.0 Å². The number of carbonyl (C=O) groups is 2. The molecule has 18 heavy (non-hydrogen) atoms. The van der Waals surface area contributed by atoms with Gasteiger partial charge in [-0.1, -0.05) is 13.8 Å². The molecule has 0 bridgehead atoms. The van der Waals surface area contributed by atoms with Crippen LogP contribution >= 0.6 is 12.4 Å². The van der Waals surface area contributed by atoms with E-state index in [-0.39, 0.29) is 36.1 Å². The van der Waals surface area contributed by atoms with Gasteiger partial charge in [-0.05, 0) is 12.8 Å². The molecule has 2 atom stereocenters. The number of nitrogens with two attached hydrogens (primary N) is 1. The molecule has 0 aromatic carbocycles. The number of halogens is 1. The number of amides is 2. The number of hydrogen-bond donors (Lipinski definition) is 2. The Kier molecular flexibility index (Phi) is 6.10. The van der Waals surface area contributed by atoms with Crippen LogP contribution in [0.2, 0.25) is 0 Å². The van der Waals surface area contributed by atoms with E-state index < -0.39 is 5.54 Å². The maximum Gasteiger partial charge on any atom is 0.225 e. The van der Waals surface area contributed by atoms with Crippen LogP contribution in [0, 0.1) is 11.8 Å². The summed E-state index contributed by atoms with van der Waals surface area (Å²) >= 11 is 0. The fourth-order valence-electron chi connectivity index (χ4n) is 1.85. The highest BCUT2D eigenvalue weighted by Crippen LogP contribution is 2.20. The molecule has 0 radical (unpaired) electrons. The Bertz CT molecular complexity index is 322. The number of nitrogens with zero attached hydrogens (tertiary/aromatic N) is 1. The summed E-state index contributed by atoms with van der Waals surface area (Å²) in [5.74, 6) is -0.0168. The Morgan fingerprint density at radius 2 is 2.17 bits per heavy atom. The molecule has 0 aromatic heterocycles. The van der Waals surface area contributed by atoms with Crippen LogP contribution in [-0.4, -0.2) is 42.4 Å². The van der Waals surface area contributed by atoms with Crippen LogP contribution in [0.1, 0.15) is 27.2 Å². The van der Waals surface area contributed by atoms with Crippen molar-refractivity contribution in [3.8, 4) is 0 Å². The molecule has 3 N–H and O–H groups in total. The number of nitrogens with one attached hydrogen (secondary N) is 1. The summed E-state index contributed by atoms with van der Waals surface area (Å²) in [7, 11) is 1.72. The maximum atomic E-state index is 12.1. The van der Waals surface area contributed by atoms with E-state index in [0.29, 0.717) is 19.5 Å². The molecule has 0 aromatic rings. The van der Waals surface area contributed by atoms with Gasteiger partial charge in [-0.15, -0.1) is 12.4 Å². The highest BCUT2D eigenvalue weighted by molar-refractivity contribution is 5.89. The lowest BCUT2D eigenvalue weighted by atomic mass is 9.87. The van der Waals surface area contributed by atoms with Crippen molar-refractivity contribution >= 4 is 24.2 Å². The quantitative estimate of drug-likeness (QED) is 0.780. The third-order valence-corrected chi connectivity index (χ3v) is 3.82. The van der Waals surface area contributed by atoms with Crippen molar-refractivity contribution in [3.05, 3.63) is 0 Å². The number of hydrogen-bond acceptors (Lipinski definition) is 3. The fourth-order valence-corrected chi connectivity index (χ4v) is 1.85. The van der Waals surface area contributed by atoms with Crippen LogP contribution < -0.4 is 11.1 Å². The van der Waals surface area contributed by atoms with E-state index in [4.69, 9.17) is 5.73 Å². The van der Waals surface area contributed by atoms with Crippen molar-refractivity contribution in [1.29, 1.82) is 0 Å².